The van der Waals surface area contributed by atoms with E-state index in [9.17, 15) is 4.39 Å². The molecule has 1 nitrogen and oxygen atoms in total. The molecule has 88 valence electrons. The number of hydrogen-bond donors (Lipinski definition) is 1. The smallest absolute Gasteiger partial charge is 0.129 e. The second-order valence-corrected chi connectivity index (χ2v) is 4.93. The highest BCUT2D eigenvalue weighted by atomic mass is 19.1. The number of aryl methyl sites for hydroxylation is 2. The van der Waals surface area contributed by atoms with E-state index in [1.165, 1.54) is 0 Å². The molecule has 2 atom stereocenters. The summed E-state index contributed by atoms with van der Waals surface area (Å²) in [5.41, 5.74) is 3.16. The van der Waals surface area contributed by atoms with Crippen LogP contribution in [0, 0.1) is 19.8 Å². The second-order valence-electron chi connectivity index (χ2n) is 4.93. The Morgan fingerprint density at radius 3 is 2.50 bits per heavy atom. The van der Waals surface area contributed by atoms with Gasteiger partial charge in [0.05, 0.1) is 0 Å². The van der Waals surface area contributed by atoms with Crippen LogP contribution in [-0.4, -0.2) is 13.1 Å². The molecule has 1 aliphatic rings. The van der Waals surface area contributed by atoms with E-state index in [0.717, 1.165) is 42.6 Å². The van der Waals surface area contributed by atoms with E-state index in [2.05, 4.69) is 11.4 Å². The minimum absolute atomic E-state index is 0.148. The van der Waals surface area contributed by atoms with Crippen molar-refractivity contribution in [3.63, 3.8) is 0 Å². The van der Waals surface area contributed by atoms with Crippen molar-refractivity contribution in [1.29, 1.82) is 0 Å². The Balaban J connectivity index is 2.15. The normalized spacial score (nSPS) is 23.1. The van der Waals surface area contributed by atoms with E-state index in [1.807, 2.05) is 26.0 Å². The average Bonchev–Trinajstić information content (AvgIpc) is 2.28. The Hall–Kier alpha value is -0.890. The van der Waals surface area contributed by atoms with Crippen molar-refractivity contribution in [2.24, 2.45) is 5.92 Å². The van der Waals surface area contributed by atoms with Gasteiger partial charge >= 0.3 is 0 Å². The van der Waals surface area contributed by atoms with Gasteiger partial charge in [0, 0.05) is 12.5 Å². The third kappa shape index (κ3) is 2.62. The predicted molar refractivity (Wildman–Crippen MR) is 65.4 cm³/mol. The molecule has 1 heterocycles. The van der Waals surface area contributed by atoms with Gasteiger partial charge in [-0.05, 0) is 38.8 Å². The van der Waals surface area contributed by atoms with Gasteiger partial charge in [-0.25, -0.2) is 4.39 Å². The van der Waals surface area contributed by atoms with Gasteiger partial charge in [-0.15, -0.1) is 0 Å². The summed E-state index contributed by atoms with van der Waals surface area (Å²) in [6.45, 7) is 5.91. The molecular weight excluding hydrogens is 201 g/mol. The van der Waals surface area contributed by atoms with Crippen molar-refractivity contribution in [1.82, 2.24) is 5.32 Å². The first-order valence-electron chi connectivity index (χ1n) is 6.10. The Bertz CT molecular complexity index is 336. The first kappa shape index (κ1) is 11.6. The van der Waals surface area contributed by atoms with Crippen LogP contribution in [0.2, 0.25) is 0 Å². The molecule has 1 aromatic rings. The Morgan fingerprint density at radius 1 is 1.25 bits per heavy atom. The van der Waals surface area contributed by atoms with Crippen molar-refractivity contribution < 1.29 is 4.39 Å². The number of piperidine rings is 1. The van der Waals surface area contributed by atoms with Crippen LogP contribution in [0.25, 0.3) is 0 Å². The number of benzene rings is 1. The third-order valence-corrected chi connectivity index (χ3v) is 3.31. The SMILES string of the molecule is Cc1cc(C)cc(C(F)C2CCCNC2)c1. The highest BCUT2D eigenvalue weighted by molar-refractivity contribution is 5.30. The van der Waals surface area contributed by atoms with Crippen LogP contribution in [-0.2, 0) is 0 Å². The van der Waals surface area contributed by atoms with Crippen molar-refractivity contribution in [2.45, 2.75) is 32.9 Å². The number of alkyl halides is 1. The van der Waals surface area contributed by atoms with Gasteiger partial charge in [-0.1, -0.05) is 29.3 Å². The standard InChI is InChI=1S/C14H20FN/c1-10-6-11(2)8-13(7-10)14(15)12-4-3-5-16-9-12/h6-8,12,14,16H,3-5,9H2,1-2H3. The minimum atomic E-state index is -0.814. The summed E-state index contributed by atoms with van der Waals surface area (Å²) >= 11 is 0. The summed E-state index contributed by atoms with van der Waals surface area (Å²) in [6.07, 6.45) is 1.28. The van der Waals surface area contributed by atoms with Crippen molar-refractivity contribution in [3.05, 3.63) is 34.9 Å². The molecule has 16 heavy (non-hydrogen) atoms. The maximum Gasteiger partial charge on any atom is 0.129 e. The monoisotopic (exact) mass is 221 g/mol. The maximum absolute atomic E-state index is 14.3. The lowest BCUT2D eigenvalue weighted by molar-refractivity contribution is 0.194. The molecule has 0 radical (unpaired) electrons. The van der Waals surface area contributed by atoms with Gasteiger partial charge in [0.15, 0.2) is 0 Å². The fourth-order valence-electron chi connectivity index (χ4n) is 2.57. The molecule has 1 N–H and O–H groups in total. The van der Waals surface area contributed by atoms with Crippen molar-refractivity contribution in [3.8, 4) is 0 Å². The van der Waals surface area contributed by atoms with Gasteiger partial charge in [-0.3, -0.25) is 0 Å². The van der Waals surface area contributed by atoms with Crippen LogP contribution in [0.15, 0.2) is 18.2 Å². The van der Waals surface area contributed by atoms with Crippen LogP contribution in [0.4, 0.5) is 4.39 Å². The van der Waals surface area contributed by atoms with Crippen LogP contribution in [0.5, 0.6) is 0 Å². The van der Waals surface area contributed by atoms with Crippen molar-refractivity contribution in [2.75, 3.05) is 13.1 Å². The second kappa shape index (κ2) is 4.96. The predicted octanol–water partition coefficient (Wildman–Crippen LogP) is 3.31. The average molecular weight is 221 g/mol. The first-order valence-corrected chi connectivity index (χ1v) is 6.10. The number of nitrogens with one attached hydrogen (secondary N) is 1. The van der Waals surface area contributed by atoms with Gasteiger partial charge < -0.3 is 5.32 Å². The Kier molecular flexibility index (Phi) is 3.59. The van der Waals surface area contributed by atoms with E-state index < -0.39 is 6.17 Å². The van der Waals surface area contributed by atoms with E-state index in [1.54, 1.807) is 0 Å². The van der Waals surface area contributed by atoms with Gasteiger partial charge in [0.25, 0.3) is 0 Å². The van der Waals surface area contributed by atoms with E-state index >= 15 is 0 Å². The first-order chi connectivity index (χ1) is 7.66. The van der Waals surface area contributed by atoms with Crippen LogP contribution < -0.4 is 5.32 Å². The molecule has 1 aromatic carbocycles. The molecule has 0 spiro atoms. The molecule has 0 bridgehead atoms. The molecule has 1 saturated heterocycles. The van der Waals surface area contributed by atoms with Gasteiger partial charge in [0.2, 0.25) is 0 Å². The molecule has 1 fully saturated rings. The topological polar surface area (TPSA) is 12.0 Å². The zero-order valence-corrected chi connectivity index (χ0v) is 10.1. The molecule has 2 rings (SSSR count). The lowest BCUT2D eigenvalue weighted by Gasteiger charge is -2.26. The fraction of sp³-hybridized carbons (Fsp3) is 0.571. The summed E-state index contributed by atoms with van der Waals surface area (Å²) in [5.74, 6) is 0.148. The summed E-state index contributed by atoms with van der Waals surface area (Å²) in [6, 6.07) is 6.05. The molecule has 0 aliphatic carbocycles. The highest BCUT2D eigenvalue weighted by Gasteiger charge is 2.24. The molecular formula is C14H20FN. The summed E-state index contributed by atoms with van der Waals surface area (Å²) < 4.78 is 14.3. The van der Waals surface area contributed by atoms with Gasteiger partial charge in [0.1, 0.15) is 6.17 Å². The minimum Gasteiger partial charge on any atom is -0.316 e. The molecule has 0 saturated carbocycles. The maximum atomic E-state index is 14.3. The zero-order chi connectivity index (χ0) is 11.5. The van der Waals surface area contributed by atoms with E-state index in [0.29, 0.717) is 0 Å². The Labute approximate surface area is 97.1 Å². The lowest BCUT2D eigenvalue weighted by Crippen LogP contribution is -2.32. The number of halogens is 1. The highest BCUT2D eigenvalue weighted by Crippen LogP contribution is 2.31. The van der Waals surface area contributed by atoms with E-state index in [-0.39, 0.29) is 5.92 Å². The van der Waals surface area contributed by atoms with E-state index in [4.69, 9.17) is 0 Å². The molecule has 2 unspecified atom stereocenters. The number of rotatable bonds is 2. The molecule has 2 heteroatoms. The van der Waals surface area contributed by atoms with Crippen LogP contribution in [0.3, 0.4) is 0 Å². The number of hydrogen-bond acceptors (Lipinski definition) is 1. The van der Waals surface area contributed by atoms with Gasteiger partial charge in [-0.2, -0.15) is 0 Å². The Morgan fingerprint density at radius 2 is 1.94 bits per heavy atom. The summed E-state index contributed by atoms with van der Waals surface area (Å²) in [4.78, 5) is 0. The van der Waals surface area contributed by atoms with Crippen LogP contribution in [0.1, 0.15) is 35.7 Å². The van der Waals surface area contributed by atoms with Crippen LogP contribution >= 0.6 is 0 Å². The summed E-state index contributed by atoms with van der Waals surface area (Å²) in [5, 5.41) is 3.27. The molecule has 1 aliphatic heterocycles. The molecule has 0 aromatic heterocycles. The zero-order valence-electron chi connectivity index (χ0n) is 10.1. The summed E-state index contributed by atoms with van der Waals surface area (Å²) in [7, 11) is 0. The quantitative estimate of drug-likeness (QED) is 0.808. The largest absolute Gasteiger partial charge is 0.316 e. The molecule has 0 amide bonds. The third-order valence-electron chi connectivity index (χ3n) is 3.31. The lowest BCUT2D eigenvalue weighted by atomic mass is 9.89. The fourth-order valence-corrected chi connectivity index (χ4v) is 2.57. The van der Waals surface area contributed by atoms with Crippen molar-refractivity contribution >= 4 is 0 Å².